The summed E-state index contributed by atoms with van der Waals surface area (Å²) in [5, 5.41) is 4.13. The van der Waals surface area contributed by atoms with Gasteiger partial charge in [-0.1, -0.05) is 6.07 Å². The zero-order valence-corrected chi connectivity index (χ0v) is 9.69. The summed E-state index contributed by atoms with van der Waals surface area (Å²) in [6.45, 7) is 2.11. The molecule has 0 aromatic carbocycles. The first-order valence-electron chi connectivity index (χ1n) is 4.54. The molecule has 2 rings (SSSR count). The number of hydrogen-bond donors (Lipinski definition) is 0. The molecule has 0 bridgehead atoms. The molecule has 0 aliphatic heterocycles. The highest BCUT2D eigenvalue weighted by Gasteiger charge is 2.17. The number of fused-ring (bicyclic) bond motifs is 1. The van der Waals surface area contributed by atoms with E-state index in [1.54, 1.807) is 17.6 Å². The summed E-state index contributed by atoms with van der Waals surface area (Å²) in [5.74, 6) is -0.409. The summed E-state index contributed by atoms with van der Waals surface area (Å²) in [6.07, 6.45) is 1.78. The third kappa shape index (κ3) is 1.74. The van der Waals surface area contributed by atoms with Gasteiger partial charge in [0.15, 0.2) is 5.69 Å². The molecule has 0 spiro atoms. The van der Waals surface area contributed by atoms with Crippen LogP contribution in [0.2, 0.25) is 0 Å². The second-order valence-electron chi connectivity index (χ2n) is 2.91. The Morgan fingerprint density at radius 2 is 2.40 bits per heavy atom. The Hall–Kier alpha value is -1.36. The molecule has 0 radical (unpaired) electrons. The van der Waals surface area contributed by atoms with Crippen LogP contribution in [0, 0.1) is 0 Å². The van der Waals surface area contributed by atoms with Gasteiger partial charge in [0.2, 0.25) is 0 Å². The van der Waals surface area contributed by atoms with Crippen molar-refractivity contribution in [1.29, 1.82) is 0 Å². The van der Waals surface area contributed by atoms with Crippen molar-refractivity contribution >= 4 is 27.4 Å². The van der Waals surface area contributed by atoms with Crippen molar-refractivity contribution in [2.75, 3.05) is 6.61 Å². The van der Waals surface area contributed by atoms with Gasteiger partial charge in [0.05, 0.1) is 16.6 Å². The van der Waals surface area contributed by atoms with Crippen LogP contribution in [0.15, 0.2) is 28.9 Å². The maximum Gasteiger partial charge on any atom is 0.360 e. The molecule has 0 saturated carbocycles. The third-order valence-electron chi connectivity index (χ3n) is 1.95. The minimum Gasteiger partial charge on any atom is -0.461 e. The summed E-state index contributed by atoms with van der Waals surface area (Å²) in [7, 11) is 0. The Bertz CT molecular complexity index is 507. The van der Waals surface area contributed by atoms with Gasteiger partial charge in [-0.2, -0.15) is 5.10 Å². The fraction of sp³-hybridized carbons (Fsp3) is 0.200. The normalized spacial score (nSPS) is 10.5. The highest BCUT2D eigenvalue weighted by Crippen LogP contribution is 2.22. The first kappa shape index (κ1) is 10.2. The molecule has 0 amide bonds. The summed E-state index contributed by atoms with van der Waals surface area (Å²) in [4.78, 5) is 11.5. The first-order valence-corrected chi connectivity index (χ1v) is 5.33. The van der Waals surface area contributed by atoms with Crippen molar-refractivity contribution in [1.82, 2.24) is 9.61 Å². The lowest BCUT2D eigenvalue weighted by atomic mass is 10.3. The molecule has 78 valence electrons. The fourth-order valence-corrected chi connectivity index (χ4v) is 1.85. The molecule has 2 aromatic heterocycles. The quantitative estimate of drug-likeness (QED) is 0.785. The Morgan fingerprint density at radius 3 is 3.07 bits per heavy atom. The maximum atomic E-state index is 11.5. The summed E-state index contributed by atoms with van der Waals surface area (Å²) >= 11 is 3.34. The van der Waals surface area contributed by atoms with Crippen molar-refractivity contribution in [2.24, 2.45) is 0 Å². The van der Waals surface area contributed by atoms with E-state index >= 15 is 0 Å². The van der Waals surface area contributed by atoms with E-state index < -0.39 is 5.97 Å². The van der Waals surface area contributed by atoms with Gasteiger partial charge in [-0.15, -0.1) is 0 Å². The maximum absolute atomic E-state index is 11.5. The number of carbonyl (C=O) groups excluding carboxylic acids is 1. The lowest BCUT2D eigenvalue weighted by Crippen LogP contribution is -2.06. The molecular weight excluding hydrogens is 260 g/mol. The van der Waals surface area contributed by atoms with Crippen LogP contribution in [0.1, 0.15) is 17.4 Å². The predicted octanol–water partition coefficient (Wildman–Crippen LogP) is 2.27. The highest BCUT2D eigenvalue weighted by atomic mass is 79.9. The fourth-order valence-electron chi connectivity index (χ4n) is 1.30. The standard InChI is InChI=1S/C10H9BrN2O2/c1-2-15-10(14)9-8(11)7-5-3-4-6-13(7)12-9/h3-6H,2H2,1H3. The number of nitrogens with zero attached hydrogens (tertiary/aromatic N) is 2. The molecular formula is C10H9BrN2O2. The number of rotatable bonds is 2. The van der Waals surface area contributed by atoms with Crippen LogP contribution in [-0.2, 0) is 4.74 Å². The minimum atomic E-state index is -0.409. The molecule has 2 heterocycles. The Morgan fingerprint density at radius 1 is 1.60 bits per heavy atom. The van der Waals surface area contributed by atoms with E-state index in [9.17, 15) is 4.79 Å². The van der Waals surface area contributed by atoms with Crippen LogP contribution in [-0.4, -0.2) is 22.2 Å². The van der Waals surface area contributed by atoms with Crippen LogP contribution in [0.3, 0.4) is 0 Å². The van der Waals surface area contributed by atoms with Crippen LogP contribution < -0.4 is 0 Å². The smallest absolute Gasteiger partial charge is 0.360 e. The Balaban J connectivity index is 2.53. The Kier molecular flexibility index (Phi) is 2.73. The van der Waals surface area contributed by atoms with E-state index in [1.165, 1.54) is 0 Å². The van der Waals surface area contributed by atoms with E-state index in [2.05, 4.69) is 21.0 Å². The largest absolute Gasteiger partial charge is 0.461 e. The average Bonchev–Trinajstić information content (AvgIpc) is 2.57. The number of halogens is 1. The summed E-state index contributed by atoms with van der Waals surface area (Å²) in [6, 6.07) is 5.61. The molecule has 0 fully saturated rings. The zero-order valence-electron chi connectivity index (χ0n) is 8.11. The van der Waals surface area contributed by atoms with Crippen LogP contribution in [0.25, 0.3) is 5.52 Å². The second kappa shape index (κ2) is 4.02. The monoisotopic (exact) mass is 268 g/mol. The van der Waals surface area contributed by atoms with Gasteiger partial charge in [-0.05, 0) is 35.0 Å². The summed E-state index contributed by atoms with van der Waals surface area (Å²) < 4.78 is 7.20. The van der Waals surface area contributed by atoms with E-state index in [-0.39, 0.29) is 0 Å². The van der Waals surface area contributed by atoms with E-state index in [0.717, 1.165) is 5.52 Å². The van der Waals surface area contributed by atoms with Crippen molar-refractivity contribution < 1.29 is 9.53 Å². The molecule has 5 heteroatoms. The van der Waals surface area contributed by atoms with Crippen LogP contribution >= 0.6 is 15.9 Å². The van der Waals surface area contributed by atoms with Gasteiger partial charge in [0, 0.05) is 6.20 Å². The number of esters is 1. The van der Waals surface area contributed by atoms with Gasteiger partial charge in [0.1, 0.15) is 0 Å². The number of hydrogen-bond acceptors (Lipinski definition) is 3. The Labute approximate surface area is 95.0 Å². The van der Waals surface area contributed by atoms with Gasteiger partial charge >= 0.3 is 5.97 Å². The molecule has 0 saturated heterocycles. The van der Waals surface area contributed by atoms with Crippen molar-refractivity contribution in [3.05, 3.63) is 34.6 Å². The molecule has 15 heavy (non-hydrogen) atoms. The van der Waals surface area contributed by atoms with Gasteiger partial charge < -0.3 is 4.74 Å². The van der Waals surface area contributed by atoms with Crippen molar-refractivity contribution in [2.45, 2.75) is 6.92 Å². The average molecular weight is 269 g/mol. The molecule has 4 nitrogen and oxygen atoms in total. The number of carbonyl (C=O) groups is 1. The van der Waals surface area contributed by atoms with Gasteiger partial charge in [-0.25, -0.2) is 9.31 Å². The lowest BCUT2D eigenvalue weighted by molar-refractivity contribution is 0.0518. The summed E-state index contributed by atoms with van der Waals surface area (Å²) in [5.41, 5.74) is 1.16. The van der Waals surface area contributed by atoms with Crippen molar-refractivity contribution in [3.63, 3.8) is 0 Å². The topological polar surface area (TPSA) is 43.6 Å². The van der Waals surface area contributed by atoms with Crippen LogP contribution in [0.5, 0.6) is 0 Å². The number of aromatic nitrogens is 2. The third-order valence-corrected chi connectivity index (χ3v) is 2.73. The molecule has 2 aromatic rings. The zero-order chi connectivity index (χ0) is 10.8. The van der Waals surface area contributed by atoms with Gasteiger partial charge in [0.25, 0.3) is 0 Å². The molecule has 0 N–H and O–H groups in total. The molecule has 0 atom stereocenters. The van der Waals surface area contributed by atoms with E-state index in [1.807, 2.05) is 18.2 Å². The van der Waals surface area contributed by atoms with Crippen molar-refractivity contribution in [3.8, 4) is 0 Å². The SMILES string of the molecule is CCOC(=O)c1nn2ccccc2c1Br. The number of pyridine rings is 1. The van der Waals surface area contributed by atoms with E-state index in [4.69, 9.17) is 4.74 Å². The van der Waals surface area contributed by atoms with E-state index in [0.29, 0.717) is 16.8 Å². The minimum absolute atomic E-state index is 0.308. The molecule has 0 aliphatic rings. The van der Waals surface area contributed by atoms with Crippen LogP contribution in [0.4, 0.5) is 0 Å². The first-order chi connectivity index (χ1) is 7.24. The predicted molar refractivity (Wildman–Crippen MR) is 58.8 cm³/mol. The number of ether oxygens (including phenoxy) is 1. The lowest BCUT2D eigenvalue weighted by Gasteiger charge is -1.96. The second-order valence-corrected chi connectivity index (χ2v) is 3.71. The molecule has 0 unspecified atom stereocenters. The highest BCUT2D eigenvalue weighted by molar-refractivity contribution is 9.10. The molecule has 0 aliphatic carbocycles. The van der Waals surface area contributed by atoms with Gasteiger partial charge in [-0.3, -0.25) is 0 Å².